The summed E-state index contributed by atoms with van der Waals surface area (Å²) >= 11 is 0. The highest BCUT2D eigenvalue weighted by Gasteiger charge is 2.29. The van der Waals surface area contributed by atoms with Gasteiger partial charge in [-0.1, -0.05) is 0 Å². The summed E-state index contributed by atoms with van der Waals surface area (Å²) < 4.78 is 0. The molecule has 0 spiro atoms. The van der Waals surface area contributed by atoms with Crippen molar-refractivity contribution in [2.45, 2.75) is 31.3 Å². The third-order valence-electron chi connectivity index (χ3n) is 4.34. The molecule has 1 fully saturated rings. The first-order valence-corrected chi connectivity index (χ1v) is 8.33. The van der Waals surface area contributed by atoms with Crippen molar-refractivity contribution in [3.63, 3.8) is 0 Å². The minimum Gasteiger partial charge on any atom is -0.393 e. The van der Waals surface area contributed by atoms with Gasteiger partial charge < -0.3 is 10.4 Å². The smallest absolute Gasteiger partial charge is 0.182 e. The van der Waals surface area contributed by atoms with Crippen molar-refractivity contribution in [1.29, 1.82) is 0 Å². The molecule has 0 saturated heterocycles. The summed E-state index contributed by atoms with van der Waals surface area (Å²) in [7, 11) is 0. The van der Waals surface area contributed by atoms with E-state index in [1.165, 1.54) is 0 Å². The number of aromatic amines is 1. The van der Waals surface area contributed by atoms with Crippen LogP contribution in [0.15, 0.2) is 36.9 Å². The van der Waals surface area contributed by atoms with Crippen molar-refractivity contribution in [2.24, 2.45) is 0 Å². The summed E-state index contributed by atoms with van der Waals surface area (Å²) in [6, 6.07) is 5.75. The largest absolute Gasteiger partial charge is 0.393 e. The van der Waals surface area contributed by atoms with E-state index in [0.29, 0.717) is 24.7 Å². The molecular formula is C17H19N7O. The Bertz CT molecular complexity index is 830. The van der Waals surface area contributed by atoms with Crippen LogP contribution in [0.1, 0.15) is 30.3 Å². The molecule has 0 unspecified atom stereocenters. The molecule has 3 heterocycles. The van der Waals surface area contributed by atoms with E-state index in [9.17, 15) is 5.11 Å². The van der Waals surface area contributed by atoms with Crippen LogP contribution in [0.2, 0.25) is 0 Å². The Morgan fingerprint density at radius 3 is 3.00 bits per heavy atom. The Hall–Kier alpha value is -2.87. The molecule has 3 aromatic heterocycles. The number of anilines is 1. The molecule has 0 radical (unpaired) electrons. The average molecular weight is 337 g/mol. The van der Waals surface area contributed by atoms with Gasteiger partial charge in [-0.15, -0.1) is 0 Å². The van der Waals surface area contributed by atoms with Gasteiger partial charge in [-0.3, -0.25) is 10.1 Å². The monoisotopic (exact) mass is 337 g/mol. The molecular weight excluding hydrogens is 318 g/mol. The van der Waals surface area contributed by atoms with Crippen LogP contribution in [0.3, 0.4) is 0 Å². The summed E-state index contributed by atoms with van der Waals surface area (Å²) in [5, 5.41) is 19.9. The lowest BCUT2D eigenvalue weighted by Crippen LogP contribution is -2.27. The second-order valence-corrected chi connectivity index (χ2v) is 6.17. The normalized spacial score (nSPS) is 19.4. The highest BCUT2D eigenvalue weighted by atomic mass is 16.3. The zero-order valence-electron chi connectivity index (χ0n) is 13.6. The fourth-order valence-electron chi connectivity index (χ4n) is 2.86. The molecule has 1 aliphatic carbocycles. The zero-order chi connectivity index (χ0) is 17.1. The van der Waals surface area contributed by atoms with Crippen LogP contribution >= 0.6 is 0 Å². The van der Waals surface area contributed by atoms with Gasteiger partial charge in [0.1, 0.15) is 18.0 Å². The first kappa shape index (κ1) is 15.6. The summed E-state index contributed by atoms with van der Waals surface area (Å²) in [6.45, 7) is 0.686. The molecule has 4 rings (SSSR count). The summed E-state index contributed by atoms with van der Waals surface area (Å²) in [4.78, 5) is 17.1. The van der Waals surface area contributed by atoms with Gasteiger partial charge in [-0.25, -0.2) is 15.0 Å². The number of rotatable bonds is 6. The highest BCUT2D eigenvalue weighted by Crippen LogP contribution is 2.35. The fraction of sp³-hybridized carbons (Fsp3) is 0.353. The number of aliphatic hydroxyl groups is 1. The minimum absolute atomic E-state index is 0.183. The molecule has 0 amide bonds. The van der Waals surface area contributed by atoms with Crippen molar-refractivity contribution in [1.82, 2.24) is 30.1 Å². The second kappa shape index (κ2) is 6.94. The Morgan fingerprint density at radius 1 is 1.28 bits per heavy atom. The van der Waals surface area contributed by atoms with Crippen LogP contribution in [-0.4, -0.2) is 47.9 Å². The minimum atomic E-state index is -0.183. The number of nitrogens with one attached hydrogen (secondary N) is 2. The van der Waals surface area contributed by atoms with Gasteiger partial charge in [0.15, 0.2) is 5.82 Å². The Labute approximate surface area is 144 Å². The van der Waals surface area contributed by atoms with Gasteiger partial charge in [-0.2, -0.15) is 5.10 Å². The van der Waals surface area contributed by atoms with Crippen LogP contribution in [0.5, 0.6) is 0 Å². The molecule has 25 heavy (non-hydrogen) atoms. The first-order chi connectivity index (χ1) is 12.3. The maximum atomic E-state index is 9.42. The number of H-pyrrole nitrogens is 1. The lowest BCUT2D eigenvalue weighted by Gasteiger charge is -2.30. The van der Waals surface area contributed by atoms with Crippen molar-refractivity contribution in [2.75, 3.05) is 11.9 Å². The summed E-state index contributed by atoms with van der Waals surface area (Å²) in [5.74, 6) is 2.59. The van der Waals surface area contributed by atoms with Gasteiger partial charge in [0.25, 0.3) is 0 Å². The SMILES string of the molecule is OC1CC(c2cc(NCCc3nc(-c4cccnc4)n[nH]3)ncn2)C1. The standard InChI is InChI=1S/C17H19N7O/c25-13-6-12(7-13)14-8-16(21-10-20-14)19-5-3-15-22-17(24-23-15)11-2-1-4-18-9-11/h1-2,4,8-10,12-13,25H,3,5-7H2,(H,19,20,21)(H,22,23,24). The molecule has 0 aromatic carbocycles. The quantitative estimate of drug-likeness (QED) is 0.625. The van der Waals surface area contributed by atoms with Gasteiger partial charge in [0.2, 0.25) is 0 Å². The lowest BCUT2D eigenvalue weighted by molar-refractivity contribution is 0.0732. The van der Waals surface area contributed by atoms with Crippen molar-refractivity contribution >= 4 is 5.82 Å². The van der Waals surface area contributed by atoms with E-state index < -0.39 is 0 Å². The average Bonchev–Trinajstić information content (AvgIpc) is 3.09. The maximum absolute atomic E-state index is 9.42. The Balaban J connectivity index is 1.32. The Kier molecular flexibility index (Phi) is 4.34. The number of aromatic nitrogens is 6. The number of hydrogen-bond acceptors (Lipinski definition) is 7. The van der Waals surface area contributed by atoms with E-state index in [2.05, 4.69) is 35.5 Å². The van der Waals surface area contributed by atoms with E-state index in [-0.39, 0.29) is 6.10 Å². The predicted octanol–water partition coefficient (Wildman–Crippen LogP) is 1.55. The highest BCUT2D eigenvalue weighted by molar-refractivity contribution is 5.52. The van der Waals surface area contributed by atoms with E-state index in [4.69, 9.17) is 0 Å². The molecule has 8 heteroatoms. The molecule has 1 saturated carbocycles. The first-order valence-electron chi connectivity index (χ1n) is 8.33. The van der Waals surface area contributed by atoms with E-state index in [1.54, 1.807) is 18.7 Å². The second-order valence-electron chi connectivity index (χ2n) is 6.17. The van der Waals surface area contributed by atoms with Crippen molar-refractivity contribution in [3.8, 4) is 11.4 Å². The molecule has 0 bridgehead atoms. The van der Waals surface area contributed by atoms with Gasteiger partial charge in [0, 0.05) is 48.6 Å². The molecule has 1 aliphatic rings. The number of pyridine rings is 1. The van der Waals surface area contributed by atoms with E-state index in [0.717, 1.165) is 35.7 Å². The molecule has 128 valence electrons. The van der Waals surface area contributed by atoms with Crippen LogP contribution in [0.25, 0.3) is 11.4 Å². The molecule has 0 atom stereocenters. The molecule has 3 N–H and O–H groups in total. The van der Waals surface area contributed by atoms with Gasteiger partial charge >= 0.3 is 0 Å². The number of hydrogen-bond donors (Lipinski definition) is 3. The van der Waals surface area contributed by atoms with Crippen LogP contribution in [0, 0.1) is 0 Å². The fourth-order valence-corrected chi connectivity index (χ4v) is 2.86. The third kappa shape index (κ3) is 3.63. The molecule has 3 aromatic rings. The number of nitrogens with zero attached hydrogens (tertiary/aromatic N) is 5. The number of aliphatic hydroxyl groups excluding tert-OH is 1. The maximum Gasteiger partial charge on any atom is 0.182 e. The van der Waals surface area contributed by atoms with Crippen LogP contribution in [-0.2, 0) is 6.42 Å². The van der Waals surface area contributed by atoms with E-state index in [1.807, 2.05) is 18.2 Å². The van der Waals surface area contributed by atoms with E-state index >= 15 is 0 Å². The topological polar surface area (TPSA) is 112 Å². The van der Waals surface area contributed by atoms with Gasteiger partial charge in [-0.05, 0) is 25.0 Å². The van der Waals surface area contributed by atoms with Crippen molar-refractivity contribution in [3.05, 3.63) is 48.4 Å². The van der Waals surface area contributed by atoms with Gasteiger partial charge in [0.05, 0.1) is 6.10 Å². The zero-order valence-corrected chi connectivity index (χ0v) is 13.6. The summed E-state index contributed by atoms with van der Waals surface area (Å²) in [6.07, 6.45) is 7.12. The lowest BCUT2D eigenvalue weighted by atomic mass is 9.80. The predicted molar refractivity (Wildman–Crippen MR) is 91.8 cm³/mol. The molecule has 0 aliphatic heterocycles. The Morgan fingerprint density at radius 2 is 2.20 bits per heavy atom. The third-order valence-corrected chi connectivity index (χ3v) is 4.34. The van der Waals surface area contributed by atoms with Crippen LogP contribution < -0.4 is 5.32 Å². The molecule has 8 nitrogen and oxygen atoms in total. The van der Waals surface area contributed by atoms with Crippen molar-refractivity contribution < 1.29 is 5.11 Å². The van der Waals surface area contributed by atoms with Crippen LogP contribution in [0.4, 0.5) is 5.82 Å². The summed E-state index contributed by atoms with van der Waals surface area (Å²) in [5.41, 5.74) is 1.88.